The minimum Gasteiger partial charge on any atom is -0.490 e. The SMILES string of the molecule is CCOc1cc(CNCCCN2CCOCC2)cc(Br)c1OCc1ccccc1. The Kier molecular flexibility index (Phi) is 9.28. The van der Waals surface area contributed by atoms with E-state index in [1.807, 2.05) is 25.1 Å². The van der Waals surface area contributed by atoms with Gasteiger partial charge in [0.2, 0.25) is 0 Å². The fraction of sp³-hybridized carbons (Fsp3) is 0.478. The van der Waals surface area contributed by atoms with Crippen molar-refractivity contribution in [2.75, 3.05) is 46.0 Å². The lowest BCUT2D eigenvalue weighted by molar-refractivity contribution is 0.0374. The molecule has 0 saturated carbocycles. The van der Waals surface area contributed by atoms with Crippen LogP contribution in [0.25, 0.3) is 0 Å². The Labute approximate surface area is 182 Å². The van der Waals surface area contributed by atoms with Crippen LogP contribution in [0, 0.1) is 0 Å². The molecule has 1 heterocycles. The van der Waals surface area contributed by atoms with Gasteiger partial charge in [-0.1, -0.05) is 30.3 Å². The zero-order valence-electron chi connectivity index (χ0n) is 17.2. The Bertz CT molecular complexity index is 736. The van der Waals surface area contributed by atoms with E-state index in [0.29, 0.717) is 13.2 Å². The molecule has 0 radical (unpaired) electrons. The van der Waals surface area contributed by atoms with Crippen LogP contribution in [0.2, 0.25) is 0 Å². The van der Waals surface area contributed by atoms with Crippen molar-refractivity contribution in [3.8, 4) is 11.5 Å². The summed E-state index contributed by atoms with van der Waals surface area (Å²) >= 11 is 3.67. The third kappa shape index (κ3) is 7.30. The summed E-state index contributed by atoms with van der Waals surface area (Å²) in [5.74, 6) is 1.54. The van der Waals surface area contributed by atoms with E-state index in [2.05, 4.69) is 50.4 Å². The van der Waals surface area contributed by atoms with E-state index in [4.69, 9.17) is 14.2 Å². The predicted octanol–water partition coefficient (Wildman–Crippen LogP) is 4.24. The molecule has 1 aliphatic heterocycles. The number of nitrogens with one attached hydrogen (secondary N) is 1. The molecule has 0 atom stereocenters. The fourth-order valence-electron chi connectivity index (χ4n) is 3.34. The van der Waals surface area contributed by atoms with E-state index in [0.717, 1.165) is 73.9 Å². The van der Waals surface area contributed by atoms with E-state index >= 15 is 0 Å². The van der Waals surface area contributed by atoms with E-state index in [1.165, 1.54) is 5.56 Å². The summed E-state index contributed by atoms with van der Waals surface area (Å²) in [5.41, 5.74) is 2.31. The van der Waals surface area contributed by atoms with Gasteiger partial charge in [0.05, 0.1) is 24.3 Å². The van der Waals surface area contributed by atoms with Crippen molar-refractivity contribution in [2.45, 2.75) is 26.5 Å². The maximum absolute atomic E-state index is 6.06. The van der Waals surface area contributed by atoms with Crippen LogP contribution in [0.3, 0.4) is 0 Å². The van der Waals surface area contributed by atoms with Gasteiger partial charge >= 0.3 is 0 Å². The number of nitrogens with zero attached hydrogens (tertiary/aromatic N) is 1. The molecule has 1 fully saturated rings. The summed E-state index contributed by atoms with van der Waals surface area (Å²) in [6.45, 7) is 9.85. The van der Waals surface area contributed by atoms with Gasteiger partial charge in [0.1, 0.15) is 6.61 Å². The number of ether oxygens (including phenoxy) is 3. The highest BCUT2D eigenvalue weighted by molar-refractivity contribution is 9.10. The summed E-state index contributed by atoms with van der Waals surface area (Å²) in [6.07, 6.45) is 1.14. The number of halogens is 1. The van der Waals surface area contributed by atoms with E-state index in [-0.39, 0.29) is 0 Å². The minimum atomic E-state index is 0.513. The lowest BCUT2D eigenvalue weighted by Crippen LogP contribution is -2.37. The maximum atomic E-state index is 6.06. The lowest BCUT2D eigenvalue weighted by atomic mass is 10.2. The van der Waals surface area contributed by atoms with Crippen LogP contribution >= 0.6 is 15.9 Å². The third-order valence-electron chi connectivity index (χ3n) is 4.86. The van der Waals surface area contributed by atoms with Crippen molar-refractivity contribution in [3.63, 3.8) is 0 Å². The molecular weight excluding hydrogens is 432 g/mol. The van der Waals surface area contributed by atoms with Crippen molar-refractivity contribution in [1.82, 2.24) is 10.2 Å². The molecule has 3 rings (SSSR count). The van der Waals surface area contributed by atoms with E-state index in [1.54, 1.807) is 0 Å². The normalized spacial score (nSPS) is 14.7. The number of benzene rings is 2. The molecule has 0 unspecified atom stereocenters. The molecule has 6 heteroatoms. The number of rotatable bonds is 11. The van der Waals surface area contributed by atoms with Gasteiger partial charge in [-0.2, -0.15) is 0 Å². The Morgan fingerprint density at radius 1 is 1.07 bits per heavy atom. The molecule has 158 valence electrons. The van der Waals surface area contributed by atoms with Crippen molar-refractivity contribution in [3.05, 3.63) is 58.1 Å². The maximum Gasteiger partial charge on any atom is 0.175 e. The highest BCUT2D eigenvalue weighted by Crippen LogP contribution is 2.37. The van der Waals surface area contributed by atoms with Crippen molar-refractivity contribution < 1.29 is 14.2 Å². The third-order valence-corrected chi connectivity index (χ3v) is 5.44. The molecule has 0 aliphatic carbocycles. The van der Waals surface area contributed by atoms with Gasteiger partial charge in [0.25, 0.3) is 0 Å². The smallest absolute Gasteiger partial charge is 0.175 e. The minimum absolute atomic E-state index is 0.513. The van der Waals surface area contributed by atoms with Crippen molar-refractivity contribution in [2.24, 2.45) is 0 Å². The van der Waals surface area contributed by atoms with Gasteiger partial charge in [-0.3, -0.25) is 4.90 Å². The predicted molar refractivity (Wildman–Crippen MR) is 120 cm³/mol. The average Bonchev–Trinajstić information content (AvgIpc) is 2.75. The molecule has 29 heavy (non-hydrogen) atoms. The van der Waals surface area contributed by atoms with Crippen molar-refractivity contribution in [1.29, 1.82) is 0 Å². The summed E-state index contributed by atoms with van der Waals surface area (Å²) < 4.78 is 18.2. The molecule has 0 spiro atoms. The van der Waals surface area contributed by atoms with Gasteiger partial charge in [-0.15, -0.1) is 0 Å². The van der Waals surface area contributed by atoms with Crippen LogP contribution in [0.5, 0.6) is 11.5 Å². The van der Waals surface area contributed by atoms with E-state index in [9.17, 15) is 0 Å². The largest absolute Gasteiger partial charge is 0.490 e. The quantitative estimate of drug-likeness (QED) is 0.505. The van der Waals surface area contributed by atoms with Crippen LogP contribution in [-0.2, 0) is 17.9 Å². The first-order valence-corrected chi connectivity index (χ1v) is 11.2. The van der Waals surface area contributed by atoms with Crippen LogP contribution in [0.1, 0.15) is 24.5 Å². The molecule has 0 bridgehead atoms. The molecule has 2 aromatic carbocycles. The molecule has 2 aromatic rings. The number of hydrogen-bond acceptors (Lipinski definition) is 5. The summed E-state index contributed by atoms with van der Waals surface area (Å²) in [4.78, 5) is 2.47. The second-order valence-corrected chi connectivity index (χ2v) is 7.95. The van der Waals surface area contributed by atoms with Crippen LogP contribution in [0.4, 0.5) is 0 Å². The fourth-order valence-corrected chi connectivity index (χ4v) is 3.95. The van der Waals surface area contributed by atoms with Gasteiger partial charge in [0, 0.05) is 19.6 Å². The van der Waals surface area contributed by atoms with Gasteiger partial charge in [0.15, 0.2) is 11.5 Å². The topological polar surface area (TPSA) is 43.0 Å². The second kappa shape index (κ2) is 12.2. The lowest BCUT2D eigenvalue weighted by Gasteiger charge is -2.26. The van der Waals surface area contributed by atoms with Crippen LogP contribution in [0.15, 0.2) is 46.9 Å². The zero-order chi connectivity index (χ0) is 20.3. The Morgan fingerprint density at radius 2 is 1.86 bits per heavy atom. The molecule has 1 N–H and O–H groups in total. The van der Waals surface area contributed by atoms with Gasteiger partial charge < -0.3 is 19.5 Å². The number of hydrogen-bond donors (Lipinski definition) is 1. The molecule has 1 aliphatic rings. The van der Waals surface area contributed by atoms with Crippen molar-refractivity contribution >= 4 is 15.9 Å². The summed E-state index contributed by atoms with van der Waals surface area (Å²) in [5, 5.41) is 3.54. The second-order valence-electron chi connectivity index (χ2n) is 7.10. The molecule has 0 amide bonds. The van der Waals surface area contributed by atoms with Crippen LogP contribution in [-0.4, -0.2) is 50.9 Å². The molecule has 5 nitrogen and oxygen atoms in total. The van der Waals surface area contributed by atoms with Crippen LogP contribution < -0.4 is 14.8 Å². The molecule has 1 saturated heterocycles. The standard InChI is InChI=1S/C23H31BrN2O3/c1-2-28-22-16-20(17-25-9-6-10-26-11-13-27-14-12-26)15-21(24)23(22)29-18-19-7-4-3-5-8-19/h3-5,7-8,15-16,25H,2,6,9-14,17-18H2,1H3. The van der Waals surface area contributed by atoms with Gasteiger partial charge in [-0.25, -0.2) is 0 Å². The molecular formula is C23H31BrN2O3. The van der Waals surface area contributed by atoms with Gasteiger partial charge in [-0.05, 0) is 65.6 Å². The Balaban J connectivity index is 1.51. The first-order chi connectivity index (χ1) is 14.3. The summed E-state index contributed by atoms with van der Waals surface area (Å²) in [7, 11) is 0. The van der Waals surface area contributed by atoms with E-state index < -0.39 is 0 Å². The Morgan fingerprint density at radius 3 is 2.62 bits per heavy atom. The highest BCUT2D eigenvalue weighted by Gasteiger charge is 2.13. The monoisotopic (exact) mass is 462 g/mol. The average molecular weight is 463 g/mol. The Hall–Kier alpha value is -1.60. The molecule has 0 aromatic heterocycles. The number of morpholine rings is 1. The zero-order valence-corrected chi connectivity index (χ0v) is 18.7. The first-order valence-electron chi connectivity index (χ1n) is 10.4. The summed E-state index contributed by atoms with van der Waals surface area (Å²) in [6, 6.07) is 14.3. The first kappa shape index (κ1) is 22.1. The highest BCUT2D eigenvalue weighted by atomic mass is 79.9.